The third-order valence-electron chi connectivity index (χ3n) is 3.21. The predicted molar refractivity (Wildman–Crippen MR) is 73.4 cm³/mol. The monoisotopic (exact) mass is 297 g/mol. The molecular formula is C13H16ClN3O3. The average molecular weight is 298 g/mol. The van der Waals surface area contributed by atoms with E-state index in [-0.39, 0.29) is 17.0 Å². The van der Waals surface area contributed by atoms with E-state index in [0.29, 0.717) is 31.7 Å². The van der Waals surface area contributed by atoms with E-state index in [1.54, 1.807) is 15.9 Å². The average Bonchev–Trinajstić information content (AvgIpc) is 2.46. The van der Waals surface area contributed by atoms with E-state index in [1.165, 1.54) is 19.2 Å². The minimum absolute atomic E-state index is 0.126. The van der Waals surface area contributed by atoms with Crippen molar-refractivity contribution < 1.29 is 14.7 Å². The summed E-state index contributed by atoms with van der Waals surface area (Å²) >= 11 is 5.76. The molecule has 7 heteroatoms. The summed E-state index contributed by atoms with van der Waals surface area (Å²) in [6, 6.07) is 3.14. The first-order valence-electron chi connectivity index (χ1n) is 6.36. The Labute approximate surface area is 122 Å². The lowest BCUT2D eigenvalue weighted by molar-refractivity contribution is -0.140. The number of rotatable bonds is 2. The second kappa shape index (κ2) is 6.19. The molecule has 0 radical (unpaired) electrons. The number of aromatic nitrogens is 1. The van der Waals surface area contributed by atoms with Crippen LogP contribution in [0.2, 0.25) is 5.15 Å². The molecule has 1 aliphatic heterocycles. The number of piperazine rings is 1. The Morgan fingerprint density at radius 2 is 1.90 bits per heavy atom. The first-order valence-corrected chi connectivity index (χ1v) is 6.74. The van der Waals surface area contributed by atoms with E-state index in [9.17, 15) is 14.7 Å². The summed E-state index contributed by atoms with van der Waals surface area (Å²) in [6.45, 7) is 3.18. The van der Waals surface area contributed by atoms with E-state index in [2.05, 4.69) is 4.98 Å². The van der Waals surface area contributed by atoms with Gasteiger partial charge >= 0.3 is 0 Å². The molecule has 108 valence electrons. The zero-order chi connectivity index (χ0) is 14.7. The van der Waals surface area contributed by atoms with E-state index in [4.69, 9.17) is 11.6 Å². The minimum Gasteiger partial charge on any atom is -0.384 e. The maximum absolute atomic E-state index is 12.2. The highest BCUT2D eigenvalue weighted by Gasteiger charge is 2.26. The Morgan fingerprint density at radius 3 is 2.45 bits per heavy atom. The molecule has 0 aromatic carbocycles. The molecule has 0 saturated carbocycles. The molecule has 1 aliphatic rings. The lowest BCUT2D eigenvalue weighted by atomic mass is 10.2. The minimum atomic E-state index is -1.00. The maximum atomic E-state index is 12.2. The normalized spacial score (nSPS) is 16.9. The van der Waals surface area contributed by atoms with Gasteiger partial charge in [-0.05, 0) is 19.1 Å². The van der Waals surface area contributed by atoms with Crippen molar-refractivity contribution in [1.82, 2.24) is 14.8 Å². The molecule has 2 amide bonds. The number of carbonyl (C=O) groups excluding carboxylic acids is 2. The first-order chi connectivity index (χ1) is 9.49. The third-order valence-corrected chi connectivity index (χ3v) is 3.42. The zero-order valence-electron chi connectivity index (χ0n) is 11.1. The van der Waals surface area contributed by atoms with Gasteiger partial charge in [0.05, 0.1) is 0 Å². The van der Waals surface area contributed by atoms with Gasteiger partial charge in [0, 0.05) is 37.9 Å². The van der Waals surface area contributed by atoms with Gasteiger partial charge in [0.1, 0.15) is 11.3 Å². The van der Waals surface area contributed by atoms with Crippen LogP contribution in [0, 0.1) is 0 Å². The Bertz CT molecular complexity index is 513. The number of aliphatic hydroxyl groups excluding tert-OH is 1. The van der Waals surface area contributed by atoms with Crippen LogP contribution in [0.1, 0.15) is 17.3 Å². The second-order valence-corrected chi connectivity index (χ2v) is 5.05. The molecule has 1 aromatic rings. The standard InChI is InChI=1S/C13H16ClN3O3/c1-9(18)12(19)16-4-6-17(7-5-16)13(20)10-2-3-15-11(14)8-10/h2-3,8-9,18H,4-7H2,1H3. The third kappa shape index (κ3) is 3.26. The predicted octanol–water partition coefficient (Wildman–Crippen LogP) is 0.400. The largest absolute Gasteiger partial charge is 0.384 e. The quantitative estimate of drug-likeness (QED) is 0.802. The van der Waals surface area contributed by atoms with Crippen LogP contribution in [0.15, 0.2) is 18.3 Å². The van der Waals surface area contributed by atoms with Crippen LogP contribution < -0.4 is 0 Å². The van der Waals surface area contributed by atoms with Gasteiger partial charge in [0.2, 0.25) is 0 Å². The van der Waals surface area contributed by atoms with Crippen molar-refractivity contribution in [1.29, 1.82) is 0 Å². The topological polar surface area (TPSA) is 73.7 Å². The Kier molecular flexibility index (Phi) is 4.57. The van der Waals surface area contributed by atoms with Crippen LogP contribution in [0.4, 0.5) is 0 Å². The number of halogens is 1. The van der Waals surface area contributed by atoms with Gasteiger partial charge in [-0.3, -0.25) is 9.59 Å². The summed E-state index contributed by atoms with van der Waals surface area (Å²) in [4.78, 5) is 30.9. The Morgan fingerprint density at radius 1 is 1.30 bits per heavy atom. The number of pyridine rings is 1. The molecule has 0 aliphatic carbocycles. The molecule has 1 unspecified atom stereocenters. The molecule has 1 saturated heterocycles. The number of hydrogen-bond acceptors (Lipinski definition) is 4. The molecule has 0 spiro atoms. The zero-order valence-corrected chi connectivity index (χ0v) is 11.9. The van der Waals surface area contributed by atoms with Crippen LogP contribution in [0.25, 0.3) is 0 Å². The molecule has 2 rings (SSSR count). The fraction of sp³-hybridized carbons (Fsp3) is 0.462. The number of nitrogens with zero attached hydrogens (tertiary/aromatic N) is 3. The first kappa shape index (κ1) is 14.7. The molecule has 0 bridgehead atoms. The van der Waals surface area contributed by atoms with Gasteiger partial charge in [-0.1, -0.05) is 11.6 Å². The van der Waals surface area contributed by atoms with Crippen molar-refractivity contribution in [2.75, 3.05) is 26.2 Å². The van der Waals surface area contributed by atoms with Crippen molar-refractivity contribution in [3.8, 4) is 0 Å². The highest BCUT2D eigenvalue weighted by molar-refractivity contribution is 6.29. The number of carbonyl (C=O) groups is 2. The van der Waals surface area contributed by atoms with Gasteiger partial charge in [-0.15, -0.1) is 0 Å². The summed E-state index contributed by atoms with van der Waals surface area (Å²) < 4.78 is 0. The maximum Gasteiger partial charge on any atom is 0.254 e. The van der Waals surface area contributed by atoms with Gasteiger partial charge in [0.25, 0.3) is 11.8 Å². The van der Waals surface area contributed by atoms with Crippen LogP contribution >= 0.6 is 11.6 Å². The van der Waals surface area contributed by atoms with Gasteiger partial charge in [-0.2, -0.15) is 0 Å². The lowest BCUT2D eigenvalue weighted by Crippen LogP contribution is -2.52. The fourth-order valence-electron chi connectivity index (χ4n) is 2.11. The SMILES string of the molecule is CC(O)C(=O)N1CCN(C(=O)c2ccnc(Cl)c2)CC1. The Hall–Kier alpha value is -1.66. The molecule has 1 atom stereocenters. The molecule has 20 heavy (non-hydrogen) atoms. The van der Waals surface area contributed by atoms with Crippen molar-refractivity contribution in [3.63, 3.8) is 0 Å². The number of amides is 2. The lowest BCUT2D eigenvalue weighted by Gasteiger charge is -2.35. The van der Waals surface area contributed by atoms with Crippen LogP contribution in [-0.4, -0.2) is 64.0 Å². The highest BCUT2D eigenvalue weighted by Crippen LogP contribution is 2.12. The fourth-order valence-corrected chi connectivity index (χ4v) is 2.29. The Balaban J connectivity index is 1.97. The summed E-state index contributed by atoms with van der Waals surface area (Å²) in [6.07, 6.45) is 0.485. The molecule has 1 N–H and O–H groups in total. The summed E-state index contributed by atoms with van der Waals surface area (Å²) in [5.41, 5.74) is 0.486. The van der Waals surface area contributed by atoms with Crippen LogP contribution in [0.3, 0.4) is 0 Å². The number of aliphatic hydroxyl groups is 1. The number of hydrogen-bond donors (Lipinski definition) is 1. The van der Waals surface area contributed by atoms with Gasteiger partial charge < -0.3 is 14.9 Å². The van der Waals surface area contributed by atoms with Crippen molar-refractivity contribution in [2.24, 2.45) is 0 Å². The van der Waals surface area contributed by atoms with E-state index < -0.39 is 6.10 Å². The van der Waals surface area contributed by atoms with Crippen molar-refractivity contribution >= 4 is 23.4 Å². The van der Waals surface area contributed by atoms with Gasteiger partial charge in [0.15, 0.2) is 0 Å². The van der Waals surface area contributed by atoms with Gasteiger partial charge in [-0.25, -0.2) is 4.98 Å². The van der Waals surface area contributed by atoms with E-state index >= 15 is 0 Å². The van der Waals surface area contributed by atoms with E-state index in [0.717, 1.165) is 0 Å². The molecule has 1 fully saturated rings. The summed E-state index contributed by atoms with van der Waals surface area (Å²) in [5.74, 6) is -0.428. The van der Waals surface area contributed by atoms with Crippen molar-refractivity contribution in [2.45, 2.75) is 13.0 Å². The van der Waals surface area contributed by atoms with Crippen LogP contribution in [-0.2, 0) is 4.79 Å². The van der Waals surface area contributed by atoms with Crippen molar-refractivity contribution in [3.05, 3.63) is 29.0 Å². The summed E-state index contributed by atoms with van der Waals surface area (Å²) in [7, 11) is 0. The summed E-state index contributed by atoms with van der Waals surface area (Å²) in [5, 5.41) is 9.54. The van der Waals surface area contributed by atoms with E-state index in [1.807, 2.05) is 0 Å². The molecular weight excluding hydrogens is 282 g/mol. The molecule has 6 nitrogen and oxygen atoms in total. The molecule has 1 aromatic heterocycles. The van der Waals surface area contributed by atoms with Crippen LogP contribution in [0.5, 0.6) is 0 Å². The highest BCUT2D eigenvalue weighted by atomic mass is 35.5. The molecule has 2 heterocycles. The second-order valence-electron chi connectivity index (χ2n) is 4.66. The smallest absolute Gasteiger partial charge is 0.254 e.